The zero-order chi connectivity index (χ0) is 16.3. The maximum absolute atomic E-state index is 12.5. The summed E-state index contributed by atoms with van der Waals surface area (Å²) in [5, 5.41) is 0. The fourth-order valence-corrected chi connectivity index (χ4v) is 3.20. The van der Waals surface area contributed by atoms with Crippen LogP contribution in [0.2, 0.25) is 0 Å². The Morgan fingerprint density at radius 1 is 1.05 bits per heavy atom. The van der Waals surface area contributed by atoms with E-state index >= 15 is 0 Å². The van der Waals surface area contributed by atoms with E-state index in [1.165, 1.54) is 7.11 Å². The van der Waals surface area contributed by atoms with Crippen molar-refractivity contribution in [3.05, 3.63) is 53.6 Å². The van der Waals surface area contributed by atoms with Gasteiger partial charge in [0.1, 0.15) is 5.75 Å². The molecule has 0 heterocycles. The van der Waals surface area contributed by atoms with Gasteiger partial charge in [0, 0.05) is 0 Å². The number of rotatable bonds is 5. The molecule has 22 heavy (non-hydrogen) atoms. The van der Waals surface area contributed by atoms with Crippen LogP contribution >= 0.6 is 0 Å². The van der Waals surface area contributed by atoms with Crippen LogP contribution in [0, 0.1) is 6.92 Å². The molecule has 0 aliphatic heterocycles. The lowest BCUT2D eigenvalue weighted by Gasteiger charge is -2.13. The topological polar surface area (TPSA) is 55.4 Å². The van der Waals surface area contributed by atoms with Crippen molar-refractivity contribution in [3.8, 4) is 5.75 Å². The first kappa shape index (κ1) is 16.4. The van der Waals surface area contributed by atoms with E-state index in [4.69, 9.17) is 4.74 Å². The molecular formula is C17H21NO3S. The van der Waals surface area contributed by atoms with Gasteiger partial charge in [-0.2, -0.15) is 0 Å². The van der Waals surface area contributed by atoms with E-state index < -0.39 is 10.0 Å². The molecule has 0 fully saturated rings. The number of sulfonamides is 1. The number of hydrogen-bond donors (Lipinski definition) is 1. The van der Waals surface area contributed by atoms with Gasteiger partial charge in [0.25, 0.3) is 10.0 Å². The molecule has 0 radical (unpaired) electrons. The molecule has 4 nitrogen and oxygen atoms in total. The summed E-state index contributed by atoms with van der Waals surface area (Å²) in [6.07, 6.45) is 0. The van der Waals surface area contributed by atoms with Crippen LogP contribution in [0.5, 0.6) is 5.75 Å². The molecule has 1 N–H and O–H groups in total. The second-order valence-electron chi connectivity index (χ2n) is 5.53. The highest BCUT2D eigenvalue weighted by Gasteiger charge is 2.16. The van der Waals surface area contributed by atoms with Crippen molar-refractivity contribution >= 4 is 15.7 Å². The largest absolute Gasteiger partial charge is 0.495 e. The first-order valence-corrected chi connectivity index (χ1v) is 8.59. The molecule has 0 unspecified atom stereocenters. The summed E-state index contributed by atoms with van der Waals surface area (Å²) >= 11 is 0. The summed E-state index contributed by atoms with van der Waals surface area (Å²) in [5.41, 5.74) is 2.50. The molecule has 0 spiro atoms. The van der Waals surface area contributed by atoms with E-state index in [2.05, 4.69) is 18.6 Å². The van der Waals surface area contributed by atoms with Crippen LogP contribution in [-0.2, 0) is 10.0 Å². The Bertz CT molecular complexity index is 750. The molecule has 2 rings (SSSR count). The van der Waals surface area contributed by atoms with Crippen molar-refractivity contribution in [2.24, 2.45) is 0 Å². The summed E-state index contributed by atoms with van der Waals surface area (Å²) in [7, 11) is -2.12. The van der Waals surface area contributed by atoms with Crippen molar-refractivity contribution < 1.29 is 13.2 Å². The molecule has 0 amide bonds. The number of nitrogens with one attached hydrogen (secondary N) is 1. The third kappa shape index (κ3) is 3.60. The van der Waals surface area contributed by atoms with Crippen molar-refractivity contribution in [2.75, 3.05) is 11.8 Å². The van der Waals surface area contributed by atoms with Gasteiger partial charge >= 0.3 is 0 Å². The maximum Gasteiger partial charge on any atom is 0.262 e. The number of benzene rings is 2. The number of hydrogen-bond acceptors (Lipinski definition) is 3. The molecule has 0 bridgehead atoms. The highest BCUT2D eigenvalue weighted by molar-refractivity contribution is 7.92. The predicted molar refractivity (Wildman–Crippen MR) is 89.1 cm³/mol. The molecule has 0 aromatic heterocycles. The zero-order valence-corrected chi connectivity index (χ0v) is 14.1. The Morgan fingerprint density at radius 2 is 1.68 bits per heavy atom. The summed E-state index contributed by atoms with van der Waals surface area (Å²) < 4.78 is 32.8. The minimum absolute atomic E-state index is 0.237. The first-order chi connectivity index (χ1) is 10.3. The Balaban J connectivity index is 2.33. The monoisotopic (exact) mass is 319 g/mol. The van der Waals surface area contributed by atoms with Gasteiger partial charge in [-0.15, -0.1) is 0 Å². The molecule has 0 aliphatic rings. The van der Waals surface area contributed by atoms with Crippen LogP contribution in [0.3, 0.4) is 0 Å². The molecule has 5 heteroatoms. The fraction of sp³-hybridized carbons (Fsp3) is 0.294. The second-order valence-corrected chi connectivity index (χ2v) is 7.22. The van der Waals surface area contributed by atoms with Gasteiger partial charge < -0.3 is 4.74 Å². The summed E-state index contributed by atoms with van der Waals surface area (Å²) in [5.74, 6) is 0.856. The van der Waals surface area contributed by atoms with Crippen LogP contribution in [0.1, 0.15) is 30.9 Å². The quantitative estimate of drug-likeness (QED) is 0.908. The first-order valence-electron chi connectivity index (χ1n) is 7.11. The lowest BCUT2D eigenvalue weighted by molar-refractivity contribution is 0.417. The molecule has 2 aromatic rings. The van der Waals surface area contributed by atoms with E-state index in [-0.39, 0.29) is 4.90 Å². The van der Waals surface area contributed by atoms with Gasteiger partial charge in [-0.1, -0.05) is 32.0 Å². The predicted octanol–water partition coefficient (Wildman–Crippen LogP) is 3.93. The van der Waals surface area contributed by atoms with Crippen LogP contribution in [0.4, 0.5) is 5.69 Å². The lowest BCUT2D eigenvalue weighted by Crippen LogP contribution is -2.13. The average Bonchev–Trinajstić information content (AvgIpc) is 2.47. The average molecular weight is 319 g/mol. The lowest BCUT2D eigenvalue weighted by atomic mass is 10.0. The van der Waals surface area contributed by atoms with Gasteiger partial charge in [-0.25, -0.2) is 8.42 Å². The Hall–Kier alpha value is -2.01. The Labute approximate surface area is 132 Å². The third-order valence-corrected chi connectivity index (χ3v) is 4.84. The second kappa shape index (κ2) is 6.40. The van der Waals surface area contributed by atoms with Crippen LogP contribution in [0.15, 0.2) is 47.4 Å². The van der Waals surface area contributed by atoms with E-state index in [1.54, 1.807) is 24.3 Å². The summed E-state index contributed by atoms with van der Waals surface area (Å²) in [4.78, 5) is 0.237. The Morgan fingerprint density at radius 3 is 2.23 bits per heavy atom. The maximum atomic E-state index is 12.5. The van der Waals surface area contributed by atoms with Gasteiger partial charge in [0.2, 0.25) is 0 Å². The summed E-state index contributed by atoms with van der Waals surface area (Å²) in [6.45, 7) is 6.04. The standard InChI is InChI=1S/C17H21NO3S/c1-12(2)14-6-8-15(9-7-14)22(19,20)18-16-11-13(3)5-10-17(16)21-4/h5-12,18H,1-4H3. The zero-order valence-electron chi connectivity index (χ0n) is 13.3. The summed E-state index contributed by atoms with van der Waals surface area (Å²) in [6, 6.07) is 12.3. The number of methoxy groups -OCH3 is 1. The van der Waals surface area contributed by atoms with Crippen LogP contribution in [-0.4, -0.2) is 15.5 Å². The molecule has 0 saturated carbocycles. The van der Waals surface area contributed by atoms with E-state index in [9.17, 15) is 8.42 Å². The van der Waals surface area contributed by atoms with Crippen LogP contribution < -0.4 is 9.46 Å². The minimum atomic E-state index is -3.64. The number of ether oxygens (including phenoxy) is 1. The molecule has 0 atom stereocenters. The van der Waals surface area contributed by atoms with Gasteiger partial charge in [-0.05, 0) is 48.2 Å². The highest BCUT2D eigenvalue weighted by atomic mass is 32.2. The van der Waals surface area contributed by atoms with Crippen LogP contribution in [0.25, 0.3) is 0 Å². The van der Waals surface area contributed by atoms with Gasteiger partial charge in [0.15, 0.2) is 0 Å². The SMILES string of the molecule is COc1ccc(C)cc1NS(=O)(=O)c1ccc(C(C)C)cc1. The number of anilines is 1. The normalized spacial score (nSPS) is 11.5. The van der Waals surface area contributed by atoms with Crippen molar-refractivity contribution in [3.63, 3.8) is 0 Å². The molecule has 0 aliphatic carbocycles. The van der Waals surface area contributed by atoms with Crippen molar-refractivity contribution in [1.82, 2.24) is 0 Å². The van der Waals surface area contributed by atoms with E-state index in [0.29, 0.717) is 17.4 Å². The van der Waals surface area contributed by atoms with Gasteiger partial charge in [0.05, 0.1) is 17.7 Å². The number of aryl methyl sites for hydroxylation is 1. The van der Waals surface area contributed by atoms with E-state index in [0.717, 1.165) is 11.1 Å². The molecular weight excluding hydrogens is 298 g/mol. The fourth-order valence-electron chi connectivity index (χ4n) is 2.14. The van der Waals surface area contributed by atoms with Crippen molar-refractivity contribution in [1.29, 1.82) is 0 Å². The molecule has 2 aromatic carbocycles. The molecule has 0 saturated heterocycles. The highest BCUT2D eigenvalue weighted by Crippen LogP contribution is 2.28. The Kier molecular flexibility index (Phi) is 4.76. The molecule has 118 valence electrons. The van der Waals surface area contributed by atoms with Crippen molar-refractivity contribution in [2.45, 2.75) is 31.6 Å². The van der Waals surface area contributed by atoms with Gasteiger partial charge in [-0.3, -0.25) is 4.72 Å². The third-order valence-electron chi connectivity index (χ3n) is 3.46. The minimum Gasteiger partial charge on any atom is -0.495 e. The smallest absolute Gasteiger partial charge is 0.262 e. The van der Waals surface area contributed by atoms with E-state index in [1.807, 2.05) is 25.1 Å².